The monoisotopic (exact) mass is 288 g/mol. The Morgan fingerprint density at radius 3 is 2.32 bits per heavy atom. The molecule has 0 radical (unpaired) electrons. The summed E-state index contributed by atoms with van der Waals surface area (Å²) < 4.78 is 5.88. The van der Waals surface area contributed by atoms with Crippen LogP contribution < -0.4 is 5.46 Å². The van der Waals surface area contributed by atoms with Gasteiger partial charge in [-0.1, -0.05) is 48.5 Å². The summed E-state index contributed by atoms with van der Waals surface area (Å²) in [6.45, 7) is 0. The molecule has 2 N–H and O–H groups in total. The Labute approximate surface area is 127 Å². The van der Waals surface area contributed by atoms with Gasteiger partial charge in [-0.25, -0.2) is 0 Å². The molecule has 0 unspecified atom stereocenters. The van der Waals surface area contributed by atoms with Gasteiger partial charge >= 0.3 is 7.12 Å². The van der Waals surface area contributed by atoms with E-state index in [1.807, 2.05) is 54.6 Å². The summed E-state index contributed by atoms with van der Waals surface area (Å²) in [6.07, 6.45) is 0. The first-order chi connectivity index (χ1) is 10.7. The van der Waals surface area contributed by atoms with Crippen LogP contribution in [0.15, 0.2) is 71.1 Å². The average Bonchev–Trinajstić information content (AvgIpc) is 2.93. The smallest absolute Gasteiger partial charge is 0.456 e. The second kappa shape index (κ2) is 5.02. The molecule has 0 amide bonds. The topological polar surface area (TPSA) is 53.6 Å². The highest BCUT2D eigenvalue weighted by Gasteiger charge is 2.19. The Hall–Kier alpha value is -2.56. The Kier molecular flexibility index (Phi) is 3.00. The molecule has 22 heavy (non-hydrogen) atoms. The van der Waals surface area contributed by atoms with E-state index in [2.05, 4.69) is 0 Å². The van der Waals surface area contributed by atoms with E-state index in [9.17, 15) is 10.0 Å². The van der Waals surface area contributed by atoms with Gasteiger partial charge in [0.25, 0.3) is 0 Å². The van der Waals surface area contributed by atoms with Crippen LogP contribution in [0, 0.1) is 0 Å². The maximum Gasteiger partial charge on any atom is 0.489 e. The lowest BCUT2D eigenvalue weighted by molar-refractivity contribution is 0.426. The molecule has 4 aromatic rings. The van der Waals surface area contributed by atoms with E-state index in [0.717, 1.165) is 27.5 Å². The summed E-state index contributed by atoms with van der Waals surface area (Å²) in [5.74, 6) is 0. The number of hydrogen-bond acceptors (Lipinski definition) is 3. The lowest BCUT2D eigenvalue weighted by Gasteiger charge is -2.02. The summed E-state index contributed by atoms with van der Waals surface area (Å²) in [4.78, 5) is 0. The second-order valence-electron chi connectivity index (χ2n) is 5.27. The van der Waals surface area contributed by atoms with Crippen LogP contribution in [0.5, 0.6) is 0 Å². The van der Waals surface area contributed by atoms with Gasteiger partial charge in [-0.2, -0.15) is 0 Å². The summed E-state index contributed by atoms with van der Waals surface area (Å²) in [5.41, 5.74) is 4.05. The van der Waals surface area contributed by atoms with Crippen LogP contribution in [-0.4, -0.2) is 17.2 Å². The first-order valence-corrected chi connectivity index (χ1v) is 7.11. The third-order valence-corrected chi connectivity index (χ3v) is 3.91. The lowest BCUT2D eigenvalue weighted by atomic mass is 9.77. The normalized spacial score (nSPS) is 11.2. The van der Waals surface area contributed by atoms with Crippen LogP contribution in [0.1, 0.15) is 0 Å². The predicted octanol–water partition coefficient (Wildman–Crippen LogP) is 2.93. The van der Waals surface area contributed by atoms with Crippen molar-refractivity contribution in [3.8, 4) is 11.1 Å². The van der Waals surface area contributed by atoms with E-state index in [4.69, 9.17) is 4.42 Å². The number of rotatable bonds is 2. The highest BCUT2D eigenvalue weighted by Crippen LogP contribution is 2.31. The van der Waals surface area contributed by atoms with Gasteiger partial charge in [0.1, 0.15) is 11.2 Å². The molecule has 0 fully saturated rings. The Bertz CT molecular complexity index is 958. The highest BCUT2D eigenvalue weighted by molar-refractivity contribution is 6.62. The van der Waals surface area contributed by atoms with Crippen molar-refractivity contribution in [1.29, 1.82) is 0 Å². The molecule has 4 heteroatoms. The molecule has 0 spiro atoms. The molecule has 106 valence electrons. The van der Waals surface area contributed by atoms with E-state index in [1.165, 1.54) is 0 Å². The number of furan rings is 1. The predicted molar refractivity (Wildman–Crippen MR) is 89.0 cm³/mol. The van der Waals surface area contributed by atoms with Crippen molar-refractivity contribution in [2.24, 2.45) is 0 Å². The third kappa shape index (κ3) is 2.01. The second-order valence-corrected chi connectivity index (χ2v) is 5.27. The maximum atomic E-state index is 9.55. The maximum absolute atomic E-state index is 9.55. The van der Waals surface area contributed by atoms with Crippen LogP contribution >= 0.6 is 0 Å². The summed E-state index contributed by atoms with van der Waals surface area (Å²) >= 11 is 0. The summed E-state index contributed by atoms with van der Waals surface area (Å²) in [5, 5.41) is 20.7. The van der Waals surface area contributed by atoms with Crippen molar-refractivity contribution in [3.05, 3.63) is 66.7 Å². The van der Waals surface area contributed by atoms with Gasteiger partial charge in [-0.3, -0.25) is 0 Å². The fourth-order valence-electron chi connectivity index (χ4n) is 2.88. The third-order valence-electron chi connectivity index (χ3n) is 3.91. The van der Waals surface area contributed by atoms with E-state index in [1.54, 1.807) is 12.1 Å². The zero-order valence-electron chi connectivity index (χ0n) is 11.7. The first kappa shape index (κ1) is 13.1. The largest absolute Gasteiger partial charge is 0.489 e. The minimum absolute atomic E-state index is 0.462. The Morgan fingerprint density at radius 1 is 0.727 bits per heavy atom. The fraction of sp³-hybridized carbons (Fsp3) is 0. The standard InChI is InChI=1S/C18H13BO3/c20-19(21)15-7-4-8-16-18(15)14-10-9-13(11-17(14)22-16)12-5-2-1-3-6-12/h1-11,20-21H. The molecule has 0 aliphatic carbocycles. The lowest BCUT2D eigenvalue weighted by Crippen LogP contribution is -2.30. The molecule has 1 aromatic heterocycles. The van der Waals surface area contributed by atoms with E-state index in [-0.39, 0.29) is 0 Å². The van der Waals surface area contributed by atoms with Crippen LogP contribution in [0.3, 0.4) is 0 Å². The van der Waals surface area contributed by atoms with E-state index >= 15 is 0 Å². The SMILES string of the molecule is OB(O)c1cccc2oc3cc(-c4ccccc4)ccc3c12. The fourth-order valence-corrected chi connectivity index (χ4v) is 2.88. The van der Waals surface area contributed by atoms with Gasteiger partial charge in [0.05, 0.1) is 0 Å². The quantitative estimate of drug-likeness (QED) is 0.558. The van der Waals surface area contributed by atoms with Crippen LogP contribution in [-0.2, 0) is 0 Å². The molecule has 0 saturated carbocycles. The van der Waals surface area contributed by atoms with E-state index < -0.39 is 7.12 Å². The van der Waals surface area contributed by atoms with E-state index in [0.29, 0.717) is 11.0 Å². The highest BCUT2D eigenvalue weighted by atomic mass is 16.4. The molecule has 0 bridgehead atoms. The zero-order chi connectivity index (χ0) is 15.1. The van der Waals surface area contributed by atoms with Gasteiger partial charge in [0.15, 0.2) is 0 Å². The molecule has 0 atom stereocenters. The molecule has 3 aromatic carbocycles. The van der Waals surface area contributed by atoms with Crippen LogP contribution in [0.2, 0.25) is 0 Å². The summed E-state index contributed by atoms with van der Waals surface area (Å²) in [6, 6.07) is 21.4. The molecular weight excluding hydrogens is 275 g/mol. The van der Waals surface area contributed by atoms with Gasteiger partial charge in [0.2, 0.25) is 0 Å². The van der Waals surface area contributed by atoms with Gasteiger partial charge in [-0.05, 0) is 34.8 Å². The first-order valence-electron chi connectivity index (χ1n) is 7.11. The van der Waals surface area contributed by atoms with Crippen LogP contribution in [0.4, 0.5) is 0 Å². The van der Waals surface area contributed by atoms with Gasteiger partial charge in [0, 0.05) is 10.8 Å². The Balaban J connectivity index is 1.99. The van der Waals surface area contributed by atoms with Crippen molar-refractivity contribution in [1.82, 2.24) is 0 Å². The molecular formula is C18H13BO3. The number of benzene rings is 3. The number of hydrogen-bond donors (Lipinski definition) is 2. The average molecular weight is 288 g/mol. The molecule has 0 saturated heterocycles. The van der Waals surface area contributed by atoms with Crippen molar-refractivity contribution in [2.45, 2.75) is 0 Å². The molecule has 0 aliphatic heterocycles. The van der Waals surface area contributed by atoms with Crippen molar-refractivity contribution in [2.75, 3.05) is 0 Å². The minimum atomic E-state index is -1.52. The molecule has 0 aliphatic rings. The van der Waals surface area contributed by atoms with Crippen molar-refractivity contribution in [3.63, 3.8) is 0 Å². The van der Waals surface area contributed by atoms with Crippen LogP contribution in [0.25, 0.3) is 33.1 Å². The van der Waals surface area contributed by atoms with Crippen molar-refractivity contribution < 1.29 is 14.5 Å². The van der Waals surface area contributed by atoms with Gasteiger partial charge < -0.3 is 14.5 Å². The summed E-state index contributed by atoms with van der Waals surface area (Å²) in [7, 11) is -1.52. The van der Waals surface area contributed by atoms with Gasteiger partial charge in [-0.15, -0.1) is 0 Å². The molecule has 3 nitrogen and oxygen atoms in total. The molecule has 1 heterocycles. The molecule has 4 rings (SSSR count). The Morgan fingerprint density at radius 2 is 1.55 bits per heavy atom. The number of fused-ring (bicyclic) bond motifs is 3. The zero-order valence-corrected chi connectivity index (χ0v) is 11.7. The minimum Gasteiger partial charge on any atom is -0.456 e. The van der Waals surface area contributed by atoms with Crippen molar-refractivity contribution >= 4 is 34.5 Å².